The van der Waals surface area contributed by atoms with Gasteiger partial charge in [0.05, 0.1) is 0 Å². The molecule has 0 spiro atoms. The lowest BCUT2D eigenvalue weighted by atomic mass is 10.3. The SMILES string of the molecule is CN1CC[C@H](Oc2cccc(Br)n2)C1. The number of halogens is 1. The van der Waals surface area contributed by atoms with Crippen LogP contribution in [0.1, 0.15) is 6.42 Å². The zero-order valence-corrected chi connectivity index (χ0v) is 9.70. The first-order chi connectivity index (χ1) is 6.74. The summed E-state index contributed by atoms with van der Waals surface area (Å²) in [7, 11) is 2.11. The van der Waals surface area contributed by atoms with Crippen molar-refractivity contribution in [3.63, 3.8) is 0 Å². The second kappa shape index (κ2) is 4.28. The maximum atomic E-state index is 5.74. The van der Waals surface area contributed by atoms with E-state index in [2.05, 4.69) is 32.9 Å². The Morgan fingerprint density at radius 3 is 3.07 bits per heavy atom. The molecule has 14 heavy (non-hydrogen) atoms. The molecular formula is C10H13BrN2O. The Balaban J connectivity index is 1.97. The molecule has 1 aliphatic rings. The fourth-order valence-electron chi connectivity index (χ4n) is 1.62. The molecule has 0 N–H and O–H groups in total. The van der Waals surface area contributed by atoms with Gasteiger partial charge < -0.3 is 9.64 Å². The molecule has 1 atom stereocenters. The van der Waals surface area contributed by atoms with Crippen LogP contribution < -0.4 is 4.74 Å². The van der Waals surface area contributed by atoms with E-state index in [0.29, 0.717) is 12.0 Å². The molecule has 0 aromatic carbocycles. The molecule has 0 bridgehead atoms. The largest absolute Gasteiger partial charge is 0.473 e. The van der Waals surface area contributed by atoms with E-state index in [1.54, 1.807) is 0 Å². The quantitative estimate of drug-likeness (QED) is 0.757. The lowest BCUT2D eigenvalue weighted by Crippen LogP contribution is -2.21. The summed E-state index contributed by atoms with van der Waals surface area (Å²) in [5.74, 6) is 0.708. The third-order valence-electron chi connectivity index (χ3n) is 2.33. The Kier molecular flexibility index (Phi) is 3.03. The van der Waals surface area contributed by atoms with Crippen LogP contribution >= 0.6 is 15.9 Å². The zero-order chi connectivity index (χ0) is 9.97. The second-order valence-electron chi connectivity index (χ2n) is 3.59. The summed E-state index contributed by atoms with van der Waals surface area (Å²) in [6.45, 7) is 2.10. The molecule has 0 unspecified atom stereocenters. The third-order valence-corrected chi connectivity index (χ3v) is 2.77. The van der Waals surface area contributed by atoms with Crippen LogP contribution in [0.5, 0.6) is 5.88 Å². The maximum absolute atomic E-state index is 5.74. The first-order valence-corrected chi connectivity index (χ1v) is 5.51. The van der Waals surface area contributed by atoms with Crippen LogP contribution in [-0.2, 0) is 0 Å². The van der Waals surface area contributed by atoms with Gasteiger partial charge in [-0.3, -0.25) is 0 Å². The van der Waals surface area contributed by atoms with E-state index >= 15 is 0 Å². The fraction of sp³-hybridized carbons (Fsp3) is 0.500. The van der Waals surface area contributed by atoms with Crippen LogP contribution in [0.15, 0.2) is 22.8 Å². The van der Waals surface area contributed by atoms with Crippen molar-refractivity contribution >= 4 is 15.9 Å². The summed E-state index contributed by atoms with van der Waals surface area (Å²) in [6, 6.07) is 5.72. The molecule has 4 heteroatoms. The first-order valence-electron chi connectivity index (χ1n) is 4.72. The summed E-state index contributed by atoms with van der Waals surface area (Å²) in [5.41, 5.74) is 0. The van der Waals surface area contributed by atoms with Crippen molar-refractivity contribution in [2.75, 3.05) is 20.1 Å². The summed E-state index contributed by atoms with van der Waals surface area (Å²) in [4.78, 5) is 6.50. The van der Waals surface area contributed by atoms with Gasteiger partial charge in [0.25, 0.3) is 0 Å². The molecule has 1 aromatic rings. The van der Waals surface area contributed by atoms with Crippen LogP contribution in [0, 0.1) is 0 Å². The van der Waals surface area contributed by atoms with E-state index in [4.69, 9.17) is 4.74 Å². The highest BCUT2D eigenvalue weighted by Gasteiger charge is 2.21. The van der Waals surface area contributed by atoms with Crippen LogP contribution in [0.4, 0.5) is 0 Å². The Morgan fingerprint density at radius 2 is 2.43 bits per heavy atom. The molecule has 1 fully saturated rings. The number of likely N-dealkylation sites (tertiary alicyclic amines) is 1. The molecule has 1 aromatic heterocycles. The van der Waals surface area contributed by atoms with Gasteiger partial charge in [-0.15, -0.1) is 0 Å². The Hall–Kier alpha value is -0.610. The maximum Gasteiger partial charge on any atom is 0.214 e. The van der Waals surface area contributed by atoms with E-state index in [9.17, 15) is 0 Å². The number of pyridine rings is 1. The standard InChI is InChI=1S/C10H13BrN2O/c1-13-6-5-8(7-13)14-10-4-2-3-9(11)12-10/h2-4,8H,5-7H2,1H3/t8-/m0/s1. The van der Waals surface area contributed by atoms with Gasteiger partial charge in [-0.1, -0.05) is 6.07 Å². The monoisotopic (exact) mass is 256 g/mol. The molecule has 0 aliphatic carbocycles. The fourth-order valence-corrected chi connectivity index (χ4v) is 1.94. The number of likely N-dealkylation sites (N-methyl/N-ethyl adjacent to an activating group) is 1. The third kappa shape index (κ3) is 2.45. The number of ether oxygens (including phenoxy) is 1. The predicted octanol–water partition coefficient (Wildman–Crippen LogP) is 1.93. The number of rotatable bonds is 2. The van der Waals surface area contributed by atoms with Crippen molar-refractivity contribution in [3.05, 3.63) is 22.8 Å². The van der Waals surface area contributed by atoms with Crippen molar-refractivity contribution in [2.45, 2.75) is 12.5 Å². The molecule has 0 radical (unpaired) electrons. The van der Waals surface area contributed by atoms with Gasteiger partial charge in [0, 0.05) is 19.2 Å². The number of aromatic nitrogens is 1. The predicted molar refractivity (Wildman–Crippen MR) is 58.5 cm³/mol. The van der Waals surface area contributed by atoms with Crippen LogP contribution in [0.25, 0.3) is 0 Å². The van der Waals surface area contributed by atoms with E-state index in [0.717, 1.165) is 24.1 Å². The second-order valence-corrected chi connectivity index (χ2v) is 4.40. The smallest absolute Gasteiger partial charge is 0.214 e. The molecule has 1 aliphatic heterocycles. The normalized spacial score (nSPS) is 22.6. The van der Waals surface area contributed by atoms with Crippen LogP contribution in [0.2, 0.25) is 0 Å². The van der Waals surface area contributed by atoms with Crippen LogP contribution in [0.3, 0.4) is 0 Å². The minimum absolute atomic E-state index is 0.293. The van der Waals surface area contributed by atoms with Gasteiger partial charge in [0.15, 0.2) is 0 Å². The minimum atomic E-state index is 0.293. The minimum Gasteiger partial charge on any atom is -0.473 e. The van der Waals surface area contributed by atoms with Gasteiger partial charge in [0.2, 0.25) is 5.88 Å². The van der Waals surface area contributed by atoms with Crippen molar-refractivity contribution < 1.29 is 4.74 Å². The molecule has 0 saturated carbocycles. The molecule has 2 heterocycles. The average Bonchev–Trinajstić information content (AvgIpc) is 2.51. The molecular weight excluding hydrogens is 244 g/mol. The Morgan fingerprint density at radius 1 is 1.57 bits per heavy atom. The lowest BCUT2D eigenvalue weighted by Gasteiger charge is -2.12. The highest BCUT2D eigenvalue weighted by molar-refractivity contribution is 9.10. The summed E-state index contributed by atoms with van der Waals surface area (Å²) in [5, 5.41) is 0. The van der Waals surface area contributed by atoms with Crippen molar-refractivity contribution in [1.29, 1.82) is 0 Å². The Labute approximate surface area is 92.2 Å². The summed E-state index contributed by atoms with van der Waals surface area (Å²) >= 11 is 3.32. The van der Waals surface area contributed by atoms with E-state index in [1.165, 1.54) is 0 Å². The Bertz CT molecular complexity index is 319. The van der Waals surface area contributed by atoms with E-state index < -0.39 is 0 Å². The number of hydrogen-bond acceptors (Lipinski definition) is 3. The molecule has 2 rings (SSSR count). The van der Waals surface area contributed by atoms with Crippen molar-refractivity contribution in [3.8, 4) is 5.88 Å². The molecule has 1 saturated heterocycles. The van der Waals surface area contributed by atoms with E-state index in [-0.39, 0.29) is 0 Å². The highest BCUT2D eigenvalue weighted by Crippen LogP contribution is 2.17. The number of nitrogens with zero attached hydrogens (tertiary/aromatic N) is 2. The van der Waals surface area contributed by atoms with Gasteiger partial charge >= 0.3 is 0 Å². The van der Waals surface area contributed by atoms with Gasteiger partial charge in [-0.25, -0.2) is 4.98 Å². The van der Waals surface area contributed by atoms with Crippen molar-refractivity contribution in [2.24, 2.45) is 0 Å². The summed E-state index contributed by atoms with van der Waals surface area (Å²) in [6.07, 6.45) is 1.38. The lowest BCUT2D eigenvalue weighted by molar-refractivity contribution is 0.200. The van der Waals surface area contributed by atoms with Crippen LogP contribution in [-0.4, -0.2) is 36.1 Å². The average molecular weight is 257 g/mol. The van der Waals surface area contributed by atoms with Gasteiger partial charge in [-0.2, -0.15) is 0 Å². The molecule has 3 nitrogen and oxygen atoms in total. The molecule has 76 valence electrons. The topological polar surface area (TPSA) is 25.4 Å². The van der Waals surface area contributed by atoms with Gasteiger partial charge in [0.1, 0.15) is 10.7 Å². The van der Waals surface area contributed by atoms with Crippen molar-refractivity contribution in [1.82, 2.24) is 9.88 Å². The van der Waals surface area contributed by atoms with Gasteiger partial charge in [-0.05, 0) is 35.5 Å². The van der Waals surface area contributed by atoms with E-state index in [1.807, 2.05) is 18.2 Å². The molecule has 0 amide bonds. The number of hydrogen-bond donors (Lipinski definition) is 0. The highest BCUT2D eigenvalue weighted by atomic mass is 79.9. The summed E-state index contributed by atoms with van der Waals surface area (Å²) < 4.78 is 6.56. The zero-order valence-electron chi connectivity index (χ0n) is 8.11. The first kappa shape index (κ1) is 9.93.